The summed E-state index contributed by atoms with van der Waals surface area (Å²) >= 11 is 0. The molecule has 0 saturated heterocycles. The van der Waals surface area contributed by atoms with Crippen molar-refractivity contribution in [1.29, 1.82) is 0 Å². The smallest absolute Gasteiger partial charge is 0.261 e. The van der Waals surface area contributed by atoms with Crippen molar-refractivity contribution in [2.45, 2.75) is 26.3 Å². The maximum atomic E-state index is 12.6. The van der Waals surface area contributed by atoms with E-state index >= 15 is 0 Å². The predicted octanol–water partition coefficient (Wildman–Crippen LogP) is 1.21. The van der Waals surface area contributed by atoms with Crippen LogP contribution in [0.2, 0.25) is 0 Å². The highest BCUT2D eigenvalue weighted by Gasteiger charge is 2.34. The van der Waals surface area contributed by atoms with E-state index in [-0.39, 0.29) is 29.8 Å². The summed E-state index contributed by atoms with van der Waals surface area (Å²) in [5.41, 5.74) is 1.22. The fourth-order valence-corrected chi connectivity index (χ4v) is 3.14. The molecule has 0 spiro atoms. The first-order valence-corrected chi connectivity index (χ1v) is 8.87. The Morgan fingerprint density at radius 1 is 0.963 bits per heavy atom. The second-order valence-corrected chi connectivity index (χ2v) is 6.43. The zero-order valence-corrected chi connectivity index (χ0v) is 15.1. The number of nitrogens with one attached hydrogen (secondary N) is 1. The van der Waals surface area contributed by atoms with E-state index in [0.29, 0.717) is 42.6 Å². The quantitative estimate of drug-likeness (QED) is 0.589. The lowest BCUT2D eigenvalue weighted by atomic mass is 10.1. The second kappa shape index (κ2) is 7.99. The molecule has 1 aromatic carbocycles. The Balaban J connectivity index is 1.64. The standard InChI is InChI=1S/C20H21N3O4/c1-14(24)21-10-5-12-22-11-4-6-15(18(22)25)9-13-23-19(26)16-7-2-3-8-17(16)20(23)27/h2-4,6-8,11H,5,9-10,12-13H2,1H3,(H,21,24). The minimum atomic E-state index is -0.317. The van der Waals surface area contributed by atoms with Gasteiger partial charge < -0.3 is 9.88 Å². The van der Waals surface area contributed by atoms with Crippen LogP contribution in [0.1, 0.15) is 39.6 Å². The molecule has 0 fully saturated rings. The Morgan fingerprint density at radius 2 is 1.63 bits per heavy atom. The number of amides is 3. The lowest BCUT2D eigenvalue weighted by Gasteiger charge is -2.14. The minimum Gasteiger partial charge on any atom is -0.356 e. The van der Waals surface area contributed by atoms with Crippen molar-refractivity contribution in [1.82, 2.24) is 14.8 Å². The largest absolute Gasteiger partial charge is 0.356 e. The maximum absolute atomic E-state index is 12.6. The van der Waals surface area contributed by atoms with Gasteiger partial charge in [0, 0.05) is 38.3 Å². The van der Waals surface area contributed by atoms with Crippen molar-refractivity contribution < 1.29 is 14.4 Å². The number of rotatable bonds is 7. The predicted molar refractivity (Wildman–Crippen MR) is 99.5 cm³/mol. The van der Waals surface area contributed by atoms with Crippen molar-refractivity contribution >= 4 is 17.7 Å². The summed E-state index contributed by atoms with van der Waals surface area (Å²) in [5, 5.41) is 2.69. The molecule has 140 valence electrons. The Kier molecular flexibility index (Phi) is 5.49. The average molecular weight is 367 g/mol. The van der Waals surface area contributed by atoms with Crippen molar-refractivity contribution in [2.24, 2.45) is 0 Å². The number of imide groups is 1. The van der Waals surface area contributed by atoms with Crippen molar-refractivity contribution in [3.05, 3.63) is 69.6 Å². The van der Waals surface area contributed by atoms with Gasteiger partial charge in [-0.2, -0.15) is 0 Å². The second-order valence-electron chi connectivity index (χ2n) is 6.43. The molecule has 7 nitrogen and oxygen atoms in total. The third kappa shape index (κ3) is 3.97. The highest BCUT2D eigenvalue weighted by molar-refractivity contribution is 6.21. The summed E-state index contributed by atoms with van der Waals surface area (Å²) < 4.78 is 1.58. The highest BCUT2D eigenvalue weighted by Crippen LogP contribution is 2.22. The third-order valence-corrected chi connectivity index (χ3v) is 4.53. The molecular weight excluding hydrogens is 346 g/mol. The van der Waals surface area contributed by atoms with E-state index in [4.69, 9.17) is 0 Å². The normalized spacial score (nSPS) is 13.0. The summed E-state index contributed by atoms with van der Waals surface area (Å²) in [5.74, 6) is -0.735. The summed E-state index contributed by atoms with van der Waals surface area (Å²) in [6, 6.07) is 10.2. The molecule has 1 aliphatic rings. The van der Waals surface area contributed by atoms with Crippen LogP contribution in [-0.2, 0) is 17.8 Å². The van der Waals surface area contributed by atoms with Gasteiger partial charge in [0.25, 0.3) is 17.4 Å². The molecule has 0 aliphatic carbocycles. The van der Waals surface area contributed by atoms with Gasteiger partial charge >= 0.3 is 0 Å². The number of fused-ring (bicyclic) bond motifs is 1. The van der Waals surface area contributed by atoms with Crippen LogP contribution < -0.4 is 10.9 Å². The number of carbonyl (C=O) groups is 3. The molecule has 3 amide bonds. The molecule has 2 aromatic rings. The van der Waals surface area contributed by atoms with E-state index in [1.165, 1.54) is 11.8 Å². The lowest BCUT2D eigenvalue weighted by molar-refractivity contribution is -0.118. The molecule has 1 aliphatic heterocycles. The highest BCUT2D eigenvalue weighted by atomic mass is 16.2. The van der Waals surface area contributed by atoms with Gasteiger partial charge in [0.05, 0.1) is 11.1 Å². The van der Waals surface area contributed by atoms with E-state index in [9.17, 15) is 19.2 Å². The maximum Gasteiger partial charge on any atom is 0.261 e. The fraction of sp³-hybridized carbons (Fsp3) is 0.300. The first kappa shape index (κ1) is 18.6. The number of hydrogen-bond donors (Lipinski definition) is 1. The molecule has 0 bridgehead atoms. The van der Waals surface area contributed by atoms with Crippen molar-refractivity contribution in [3.8, 4) is 0 Å². The number of aryl methyl sites for hydroxylation is 1. The number of nitrogens with zero attached hydrogens (tertiary/aromatic N) is 2. The number of benzene rings is 1. The summed E-state index contributed by atoms with van der Waals surface area (Å²) in [4.78, 5) is 49.4. The zero-order chi connectivity index (χ0) is 19.4. The molecule has 0 saturated carbocycles. The monoisotopic (exact) mass is 367 g/mol. The molecule has 7 heteroatoms. The summed E-state index contributed by atoms with van der Waals surface area (Å²) in [7, 11) is 0. The first-order chi connectivity index (χ1) is 13.0. The van der Waals surface area contributed by atoms with Gasteiger partial charge in [-0.05, 0) is 31.0 Å². The SMILES string of the molecule is CC(=O)NCCCn1cccc(CCN2C(=O)c3ccccc3C2=O)c1=O. The van der Waals surface area contributed by atoms with Gasteiger partial charge in [0.2, 0.25) is 5.91 Å². The van der Waals surface area contributed by atoms with Crippen molar-refractivity contribution in [3.63, 3.8) is 0 Å². The van der Waals surface area contributed by atoms with Crippen LogP contribution in [0.3, 0.4) is 0 Å². The average Bonchev–Trinajstić information content (AvgIpc) is 2.90. The van der Waals surface area contributed by atoms with Gasteiger partial charge in [-0.15, -0.1) is 0 Å². The number of hydrogen-bond acceptors (Lipinski definition) is 4. The van der Waals surface area contributed by atoms with Crippen LogP contribution in [0, 0.1) is 0 Å². The van der Waals surface area contributed by atoms with Crippen molar-refractivity contribution in [2.75, 3.05) is 13.1 Å². The van der Waals surface area contributed by atoms with E-state index in [1.807, 2.05) is 0 Å². The lowest BCUT2D eigenvalue weighted by Crippen LogP contribution is -2.33. The molecule has 1 N–H and O–H groups in total. The van der Waals surface area contributed by atoms with E-state index in [1.54, 1.807) is 47.2 Å². The third-order valence-electron chi connectivity index (χ3n) is 4.53. The zero-order valence-electron chi connectivity index (χ0n) is 15.1. The van der Waals surface area contributed by atoms with Gasteiger partial charge in [-0.1, -0.05) is 18.2 Å². The Labute approximate surface area is 156 Å². The molecule has 0 atom stereocenters. The molecule has 2 heterocycles. The number of aromatic nitrogens is 1. The summed E-state index contributed by atoms with van der Waals surface area (Å²) in [6.07, 6.45) is 2.64. The minimum absolute atomic E-state index is 0.1000. The number of pyridine rings is 1. The molecule has 0 unspecified atom stereocenters. The molecular formula is C20H21N3O4. The van der Waals surface area contributed by atoms with Gasteiger partial charge in [-0.25, -0.2) is 0 Å². The van der Waals surface area contributed by atoms with Crippen LogP contribution in [0.25, 0.3) is 0 Å². The van der Waals surface area contributed by atoms with Crippen LogP contribution in [0.15, 0.2) is 47.4 Å². The van der Waals surface area contributed by atoms with Crippen LogP contribution in [0.4, 0.5) is 0 Å². The summed E-state index contributed by atoms with van der Waals surface area (Å²) in [6.45, 7) is 2.60. The molecule has 27 heavy (non-hydrogen) atoms. The molecule has 0 radical (unpaired) electrons. The van der Waals surface area contributed by atoms with Crippen LogP contribution in [-0.4, -0.2) is 40.3 Å². The van der Waals surface area contributed by atoms with E-state index in [0.717, 1.165) is 0 Å². The fourth-order valence-electron chi connectivity index (χ4n) is 3.14. The van der Waals surface area contributed by atoms with Crippen LogP contribution >= 0.6 is 0 Å². The topological polar surface area (TPSA) is 88.5 Å². The Bertz CT molecular complexity index is 913. The molecule has 1 aromatic heterocycles. The van der Waals surface area contributed by atoms with Gasteiger partial charge in [-0.3, -0.25) is 24.1 Å². The van der Waals surface area contributed by atoms with Gasteiger partial charge in [0.15, 0.2) is 0 Å². The van der Waals surface area contributed by atoms with Gasteiger partial charge in [0.1, 0.15) is 0 Å². The first-order valence-electron chi connectivity index (χ1n) is 8.87. The Hall–Kier alpha value is -3.22. The van der Waals surface area contributed by atoms with E-state index in [2.05, 4.69) is 5.32 Å². The molecule has 3 rings (SSSR count). The van der Waals surface area contributed by atoms with E-state index < -0.39 is 0 Å². The van der Waals surface area contributed by atoms with Crippen LogP contribution in [0.5, 0.6) is 0 Å². The Morgan fingerprint density at radius 3 is 2.26 bits per heavy atom. The number of carbonyl (C=O) groups excluding carboxylic acids is 3.